The third kappa shape index (κ3) is 4.79. The van der Waals surface area contributed by atoms with Crippen LogP contribution in [-0.4, -0.2) is 47.2 Å². The van der Waals surface area contributed by atoms with Gasteiger partial charge in [0.1, 0.15) is 23.1 Å². The Kier molecular flexibility index (Phi) is 6.79. The number of pyridine rings is 1. The molecule has 1 aliphatic rings. The zero-order chi connectivity index (χ0) is 26.9. The highest BCUT2D eigenvalue weighted by Crippen LogP contribution is 2.43. The molecule has 1 aromatic carbocycles. The number of hydrogen-bond acceptors (Lipinski definition) is 9. The second-order valence-electron chi connectivity index (χ2n) is 8.36. The summed E-state index contributed by atoms with van der Waals surface area (Å²) in [6.07, 6.45) is 1.27. The van der Waals surface area contributed by atoms with Crippen molar-refractivity contribution in [3.8, 4) is 17.0 Å². The SMILES string of the molecule is CCc1nc(N)nc(N)c1-c1cnc2c(c1)N(CCNC(=O)OC)C(=O)C(C)(c1cc(F)cc(F)c1)O2. The van der Waals surface area contributed by atoms with Crippen LogP contribution in [0.4, 0.5) is 31.0 Å². The van der Waals surface area contributed by atoms with Crippen molar-refractivity contribution in [3.63, 3.8) is 0 Å². The number of carbonyl (C=O) groups excluding carboxylic acids is 2. The quantitative estimate of drug-likeness (QED) is 0.450. The number of amides is 2. The first-order valence-corrected chi connectivity index (χ1v) is 11.3. The lowest BCUT2D eigenvalue weighted by Gasteiger charge is -2.40. The highest BCUT2D eigenvalue weighted by molar-refractivity contribution is 6.03. The summed E-state index contributed by atoms with van der Waals surface area (Å²) in [7, 11) is 1.21. The molecule has 2 amide bonds. The summed E-state index contributed by atoms with van der Waals surface area (Å²) in [5.41, 5.74) is 11.8. The van der Waals surface area contributed by atoms with E-state index in [1.54, 1.807) is 6.07 Å². The van der Waals surface area contributed by atoms with Crippen LogP contribution in [-0.2, 0) is 21.6 Å². The average molecular weight is 514 g/mol. The largest absolute Gasteiger partial charge is 0.455 e. The minimum absolute atomic E-state index is 0.00298. The van der Waals surface area contributed by atoms with E-state index in [0.717, 1.165) is 12.1 Å². The van der Waals surface area contributed by atoms with Crippen LogP contribution >= 0.6 is 0 Å². The van der Waals surface area contributed by atoms with Gasteiger partial charge < -0.3 is 31.2 Å². The zero-order valence-electron chi connectivity index (χ0n) is 20.3. The highest BCUT2D eigenvalue weighted by atomic mass is 19.1. The molecular formula is C24H25F2N7O4. The van der Waals surface area contributed by atoms with Crippen LogP contribution in [0.25, 0.3) is 11.1 Å². The molecule has 0 aliphatic carbocycles. The summed E-state index contributed by atoms with van der Waals surface area (Å²) in [4.78, 5) is 39.3. The van der Waals surface area contributed by atoms with Gasteiger partial charge in [-0.25, -0.2) is 23.5 Å². The first-order chi connectivity index (χ1) is 17.6. The molecule has 3 heterocycles. The number of nitrogen functional groups attached to an aromatic ring is 2. The van der Waals surface area contributed by atoms with Crippen LogP contribution in [0.1, 0.15) is 25.1 Å². The van der Waals surface area contributed by atoms with E-state index < -0.39 is 29.2 Å². The second kappa shape index (κ2) is 9.84. The van der Waals surface area contributed by atoms with Crippen molar-refractivity contribution >= 4 is 29.5 Å². The van der Waals surface area contributed by atoms with E-state index in [4.69, 9.17) is 16.2 Å². The van der Waals surface area contributed by atoms with E-state index >= 15 is 0 Å². The second-order valence-corrected chi connectivity index (χ2v) is 8.36. The van der Waals surface area contributed by atoms with Crippen molar-refractivity contribution in [3.05, 3.63) is 53.4 Å². The molecule has 11 nitrogen and oxygen atoms in total. The molecular weight excluding hydrogens is 488 g/mol. The summed E-state index contributed by atoms with van der Waals surface area (Å²) in [6.45, 7) is 3.24. The number of rotatable bonds is 6. The molecule has 0 radical (unpaired) electrons. The molecule has 0 bridgehead atoms. The smallest absolute Gasteiger partial charge is 0.406 e. The van der Waals surface area contributed by atoms with Gasteiger partial charge in [0, 0.05) is 42.0 Å². The van der Waals surface area contributed by atoms with Crippen LogP contribution < -0.4 is 26.4 Å². The number of ether oxygens (including phenoxy) is 2. The molecule has 0 saturated heterocycles. The Morgan fingerprint density at radius 1 is 1.19 bits per heavy atom. The van der Waals surface area contributed by atoms with Gasteiger partial charge in [-0.3, -0.25) is 4.79 Å². The van der Waals surface area contributed by atoms with Gasteiger partial charge in [-0.05, 0) is 31.5 Å². The molecule has 1 unspecified atom stereocenters. The van der Waals surface area contributed by atoms with Gasteiger partial charge in [0.15, 0.2) is 0 Å². The Morgan fingerprint density at radius 3 is 2.54 bits per heavy atom. The molecule has 1 atom stereocenters. The number of fused-ring (bicyclic) bond motifs is 1. The Morgan fingerprint density at radius 2 is 1.89 bits per heavy atom. The standard InChI is InChI=1S/C24H25F2N7O4/c1-4-16-18(19(27)32-22(28)31-16)12-7-17-20(30-11-12)37-24(2,13-8-14(25)10-15(26)9-13)21(34)33(17)6-5-29-23(35)36-3/h7-11H,4-6H2,1-3H3,(H,29,35)(H4,27,28,31,32). The molecule has 2 aromatic heterocycles. The van der Waals surface area contributed by atoms with Crippen molar-refractivity contribution in [2.24, 2.45) is 0 Å². The number of nitrogens with one attached hydrogen (secondary N) is 1. The Bertz CT molecular complexity index is 1370. The van der Waals surface area contributed by atoms with Crippen molar-refractivity contribution in [2.45, 2.75) is 25.9 Å². The number of nitrogens with two attached hydrogens (primary N) is 2. The van der Waals surface area contributed by atoms with Crippen LogP contribution in [0.3, 0.4) is 0 Å². The van der Waals surface area contributed by atoms with E-state index in [9.17, 15) is 18.4 Å². The van der Waals surface area contributed by atoms with Crippen molar-refractivity contribution < 1.29 is 27.8 Å². The summed E-state index contributed by atoms with van der Waals surface area (Å²) in [6, 6.07) is 4.35. The Hall–Kier alpha value is -4.55. The number of halogens is 2. The average Bonchev–Trinajstić information content (AvgIpc) is 2.85. The predicted molar refractivity (Wildman–Crippen MR) is 131 cm³/mol. The fourth-order valence-corrected chi connectivity index (χ4v) is 4.15. The van der Waals surface area contributed by atoms with E-state index in [0.29, 0.717) is 29.3 Å². The van der Waals surface area contributed by atoms with Gasteiger partial charge in [-0.2, -0.15) is 4.98 Å². The van der Waals surface area contributed by atoms with Crippen molar-refractivity contribution in [1.82, 2.24) is 20.3 Å². The summed E-state index contributed by atoms with van der Waals surface area (Å²) >= 11 is 0. The number of benzene rings is 1. The molecule has 194 valence electrons. The minimum atomic E-state index is -1.81. The molecule has 1 aliphatic heterocycles. The van der Waals surface area contributed by atoms with Gasteiger partial charge in [0.05, 0.1) is 12.8 Å². The third-order valence-electron chi connectivity index (χ3n) is 5.93. The lowest BCUT2D eigenvalue weighted by atomic mass is 9.91. The maximum absolute atomic E-state index is 14.1. The Balaban J connectivity index is 1.83. The number of carbonyl (C=O) groups is 2. The van der Waals surface area contributed by atoms with Gasteiger partial charge in [0.2, 0.25) is 17.4 Å². The third-order valence-corrected chi connectivity index (χ3v) is 5.93. The van der Waals surface area contributed by atoms with Crippen LogP contribution in [0.5, 0.6) is 5.88 Å². The number of alkyl carbamates (subject to hydrolysis) is 1. The molecule has 37 heavy (non-hydrogen) atoms. The fourth-order valence-electron chi connectivity index (χ4n) is 4.15. The normalized spacial score (nSPS) is 16.7. The Labute approximate surface area is 210 Å². The number of aromatic nitrogens is 3. The lowest BCUT2D eigenvalue weighted by molar-refractivity contribution is -0.135. The molecule has 13 heteroatoms. The van der Waals surface area contributed by atoms with Crippen LogP contribution in [0, 0.1) is 11.6 Å². The van der Waals surface area contributed by atoms with E-state index in [1.165, 1.54) is 25.1 Å². The predicted octanol–water partition coefficient (Wildman–Crippen LogP) is 2.54. The van der Waals surface area contributed by atoms with Crippen molar-refractivity contribution in [2.75, 3.05) is 36.6 Å². The monoisotopic (exact) mass is 513 g/mol. The number of methoxy groups -OCH3 is 1. The van der Waals surface area contributed by atoms with Crippen LogP contribution in [0.2, 0.25) is 0 Å². The zero-order valence-corrected chi connectivity index (χ0v) is 20.3. The van der Waals surface area contributed by atoms with Gasteiger partial charge in [0.25, 0.3) is 5.91 Å². The number of hydrogen-bond donors (Lipinski definition) is 3. The minimum Gasteiger partial charge on any atom is -0.455 e. The molecule has 4 rings (SSSR count). The fraction of sp³-hybridized carbons (Fsp3) is 0.292. The lowest BCUT2D eigenvalue weighted by Crippen LogP contribution is -2.54. The van der Waals surface area contributed by atoms with E-state index in [2.05, 4.69) is 25.0 Å². The van der Waals surface area contributed by atoms with Gasteiger partial charge in [-0.1, -0.05) is 6.92 Å². The van der Waals surface area contributed by atoms with Crippen LogP contribution in [0.15, 0.2) is 30.5 Å². The summed E-state index contributed by atoms with van der Waals surface area (Å²) < 4.78 is 38.7. The maximum atomic E-state index is 14.1. The molecule has 0 spiro atoms. The summed E-state index contributed by atoms with van der Waals surface area (Å²) in [5.74, 6) is -2.18. The molecule has 5 N–H and O–H groups in total. The van der Waals surface area contributed by atoms with E-state index in [1.807, 2.05) is 6.92 Å². The van der Waals surface area contributed by atoms with E-state index in [-0.39, 0.29) is 42.0 Å². The molecule has 0 fully saturated rings. The van der Waals surface area contributed by atoms with Gasteiger partial charge >= 0.3 is 6.09 Å². The topological polar surface area (TPSA) is 159 Å². The number of anilines is 3. The number of aryl methyl sites for hydroxylation is 1. The number of nitrogens with zero attached hydrogens (tertiary/aromatic N) is 4. The first kappa shape index (κ1) is 25.5. The molecule has 3 aromatic rings. The maximum Gasteiger partial charge on any atom is 0.406 e. The van der Waals surface area contributed by atoms with Crippen molar-refractivity contribution in [1.29, 1.82) is 0 Å². The van der Waals surface area contributed by atoms with Gasteiger partial charge in [-0.15, -0.1) is 0 Å². The molecule has 0 saturated carbocycles. The summed E-state index contributed by atoms with van der Waals surface area (Å²) in [5, 5.41) is 2.51. The highest BCUT2D eigenvalue weighted by Gasteiger charge is 2.47. The first-order valence-electron chi connectivity index (χ1n) is 11.3.